The number of nitrogens with zero attached hydrogens (tertiary/aromatic N) is 4. The molecule has 12 heteroatoms. The molecule has 3 unspecified atom stereocenters. The van der Waals surface area contributed by atoms with Crippen LogP contribution in [0.5, 0.6) is 0 Å². The maximum Gasteiger partial charge on any atom is 1.00 e. The van der Waals surface area contributed by atoms with Gasteiger partial charge in [0.25, 0.3) is 6.43 Å². The van der Waals surface area contributed by atoms with Crippen molar-refractivity contribution >= 4 is 28.7 Å². The molecule has 1 saturated carbocycles. The number of aromatic nitrogens is 1. The Balaban J connectivity index is 0.00000107. The largest absolute Gasteiger partial charge is 1.00 e. The fourth-order valence-electron chi connectivity index (χ4n) is 3.96. The minimum absolute atomic E-state index is 0. The van der Waals surface area contributed by atoms with E-state index in [0.29, 0.717) is 40.9 Å². The third kappa shape index (κ3) is 9.10. The van der Waals surface area contributed by atoms with Crippen LogP contribution >= 0.6 is 11.8 Å². The van der Waals surface area contributed by atoms with Crippen molar-refractivity contribution in [1.82, 2.24) is 31.0 Å². The number of hydrogen-bond donors (Lipinski definition) is 3. The number of methoxy groups -OCH3 is 1. The molecule has 40 heavy (non-hydrogen) atoms. The number of rotatable bonds is 6. The number of ether oxygens (including phenoxy) is 1. The van der Waals surface area contributed by atoms with Crippen LogP contribution in [-0.4, -0.2) is 66.0 Å². The van der Waals surface area contributed by atoms with Crippen molar-refractivity contribution in [3.05, 3.63) is 53.1 Å². The second-order valence-electron chi connectivity index (χ2n) is 8.84. The molecule has 3 N–H and O–H groups in total. The van der Waals surface area contributed by atoms with Crippen molar-refractivity contribution in [2.24, 2.45) is 5.92 Å². The summed E-state index contributed by atoms with van der Waals surface area (Å²) in [6.07, 6.45) is 6.58. The van der Waals surface area contributed by atoms with Crippen LogP contribution in [0.2, 0.25) is 0 Å². The summed E-state index contributed by atoms with van der Waals surface area (Å²) in [5.41, 5.74) is 9.38. The number of hydrazine groups is 1. The van der Waals surface area contributed by atoms with Crippen molar-refractivity contribution in [2.45, 2.75) is 63.9 Å². The quantitative estimate of drug-likeness (QED) is 0.340. The number of hydrogen-bond acceptors (Lipinski definition) is 8. The minimum Gasteiger partial charge on any atom is -0.658 e. The Morgan fingerprint density at radius 2 is 1.85 bits per heavy atom. The zero-order valence-corrected chi connectivity index (χ0v) is 28.7. The Labute approximate surface area is 284 Å². The first-order valence-electron chi connectivity index (χ1n) is 13.4. The summed E-state index contributed by atoms with van der Waals surface area (Å²) < 4.78 is 33.2. The predicted molar refractivity (Wildman–Crippen MR) is 156 cm³/mol. The Hall–Kier alpha value is -1.30. The van der Waals surface area contributed by atoms with Gasteiger partial charge in [0.2, 0.25) is 0 Å². The van der Waals surface area contributed by atoms with Gasteiger partial charge in [-0.25, -0.2) is 14.2 Å². The summed E-state index contributed by atoms with van der Waals surface area (Å²) in [6, 6.07) is 0.798. The van der Waals surface area contributed by atoms with Gasteiger partial charge in [-0.15, -0.1) is 17.4 Å². The van der Waals surface area contributed by atoms with Gasteiger partial charge in [0.05, 0.1) is 25.2 Å². The second-order valence-corrected chi connectivity index (χ2v) is 10.0. The van der Waals surface area contributed by atoms with Gasteiger partial charge in [0.1, 0.15) is 17.2 Å². The maximum atomic E-state index is 13.8. The molecular formula is C28H40F2KN7OS. The van der Waals surface area contributed by atoms with E-state index in [1.54, 1.807) is 37.3 Å². The molecule has 1 aliphatic carbocycles. The topological polar surface area (TPSA) is 78.8 Å². The third-order valence-electron chi connectivity index (χ3n) is 6.04. The van der Waals surface area contributed by atoms with Crippen LogP contribution in [0.1, 0.15) is 51.8 Å². The molecule has 8 nitrogen and oxygen atoms in total. The summed E-state index contributed by atoms with van der Waals surface area (Å²) in [7, 11) is 5.11. The number of likely N-dealkylation sites (N-methyl/N-ethyl adjacent to an activating group) is 1. The van der Waals surface area contributed by atoms with Gasteiger partial charge in [0.15, 0.2) is 0 Å². The van der Waals surface area contributed by atoms with Crippen LogP contribution in [0.3, 0.4) is 0 Å². The van der Waals surface area contributed by atoms with E-state index in [2.05, 4.69) is 33.0 Å². The third-order valence-corrected chi connectivity index (χ3v) is 7.03. The van der Waals surface area contributed by atoms with E-state index in [0.717, 1.165) is 5.70 Å². The van der Waals surface area contributed by atoms with Crippen molar-refractivity contribution in [3.63, 3.8) is 0 Å². The summed E-state index contributed by atoms with van der Waals surface area (Å²) in [4.78, 5) is 8.08. The zero-order valence-electron chi connectivity index (χ0n) is 24.8. The van der Waals surface area contributed by atoms with Gasteiger partial charge in [-0.1, -0.05) is 39.5 Å². The second kappa shape index (κ2) is 17.0. The Bertz CT molecular complexity index is 1130. The maximum absolute atomic E-state index is 13.8. The first kappa shape index (κ1) is 34.9. The average Bonchev–Trinajstić information content (AvgIpc) is 3.52. The Morgan fingerprint density at radius 1 is 1.12 bits per heavy atom. The standard InChI is InChI=1S/C24H28F2N7OS.2C2H6.K/c1-32-11-19(28-13-32)17-8-15(16-9-20(23(25)26)33(2)12-21(16)34-3)18(10-27-17)29-24-31-30-22(35-24)7-6-14-4-5-14;2*1-2;/h8-12,14,20,22-24,28,30-31H,4-5,13H2,1-3H3;2*1-2H3;/q-1;;;+1. The van der Waals surface area contributed by atoms with Crippen molar-refractivity contribution in [3.8, 4) is 11.8 Å². The number of halogens is 2. The number of thioether (sulfide) groups is 1. The van der Waals surface area contributed by atoms with Gasteiger partial charge >= 0.3 is 51.4 Å². The van der Waals surface area contributed by atoms with Crippen LogP contribution in [-0.2, 0) is 4.74 Å². The Kier molecular flexibility index (Phi) is 14.8. The molecule has 0 aromatic carbocycles. The molecule has 1 aromatic heterocycles. The molecule has 0 radical (unpaired) electrons. The summed E-state index contributed by atoms with van der Waals surface area (Å²) in [5, 5.41) is 8.08. The van der Waals surface area contributed by atoms with Crippen LogP contribution in [0, 0.1) is 17.8 Å². The molecule has 0 bridgehead atoms. The van der Waals surface area contributed by atoms with Crippen LogP contribution < -0.4 is 67.6 Å². The van der Waals surface area contributed by atoms with E-state index in [-0.39, 0.29) is 62.3 Å². The molecule has 4 heterocycles. The molecule has 4 aliphatic rings. The van der Waals surface area contributed by atoms with Gasteiger partial charge in [-0.2, -0.15) is 0 Å². The molecular weight excluding hydrogens is 560 g/mol. The monoisotopic (exact) mass is 599 g/mol. The number of nitrogens with one attached hydrogen (secondary N) is 3. The van der Waals surface area contributed by atoms with Crippen molar-refractivity contribution < 1.29 is 64.9 Å². The molecule has 5 rings (SSSR count). The van der Waals surface area contributed by atoms with Gasteiger partial charge in [0, 0.05) is 44.2 Å². The first-order chi connectivity index (χ1) is 18.9. The van der Waals surface area contributed by atoms with E-state index in [1.807, 2.05) is 51.9 Å². The number of alkyl halides is 2. The molecule has 1 saturated heterocycles. The van der Waals surface area contributed by atoms with Crippen molar-refractivity contribution in [2.75, 3.05) is 27.9 Å². The van der Waals surface area contributed by atoms with Gasteiger partial charge in [-0.3, -0.25) is 10.4 Å². The number of pyridine rings is 1. The summed E-state index contributed by atoms with van der Waals surface area (Å²) in [6.45, 7) is 8.67. The van der Waals surface area contributed by atoms with Gasteiger partial charge in [-0.05, 0) is 36.0 Å². The van der Waals surface area contributed by atoms with E-state index in [9.17, 15) is 8.78 Å². The predicted octanol–water partition coefficient (Wildman–Crippen LogP) is 2.25. The minimum atomic E-state index is -2.55. The Morgan fingerprint density at radius 3 is 2.45 bits per heavy atom. The molecule has 0 spiro atoms. The fraction of sp³-hybridized carbons (Fsp3) is 0.536. The van der Waals surface area contributed by atoms with Crippen LogP contribution in [0.4, 0.5) is 14.5 Å². The fourth-order valence-corrected chi connectivity index (χ4v) is 4.80. The molecule has 2 fully saturated rings. The smallest absolute Gasteiger partial charge is 0.658 e. The number of allylic oxidation sites excluding steroid dienone is 1. The SMILES string of the molecule is CC.CC.COC1=CN(C)C(C(F)F)C=C1c1cc(C2=CN(C)CN2)ncc1[N-]C1NNC(C#CC2CC2)S1.[K+]. The average molecular weight is 600 g/mol. The molecule has 3 aliphatic heterocycles. The van der Waals surface area contributed by atoms with Crippen LogP contribution in [0.25, 0.3) is 16.6 Å². The van der Waals surface area contributed by atoms with E-state index in [4.69, 9.17) is 10.1 Å². The molecule has 1 aromatic rings. The molecule has 214 valence electrons. The molecule has 0 amide bonds. The summed E-state index contributed by atoms with van der Waals surface area (Å²) >= 11 is 1.56. The van der Waals surface area contributed by atoms with Gasteiger partial charge < -0.3 is 25.2 Å². The van der Waals surface area contributed by atoms with Crippen LogP contribution in [0.15, 0.2) is 36.5 Å². The van der Waals surface area contributed by atoms with E-state index < -0.39 is 12.5 Å². The summed E-state index contributed by atoms with van der Waals surface area (Å²) in [5.74, 6) is 7.52. The van der Waals surface area contributed by atoms with E-state index in [1.165, 1.54) is 24.9 Å². The normalized spacial score (nSPS) is 23.1. The van der Waals surface area contributed by atoms with E-state index >= 15 is 0 Å². The first-order valence-corrected chi connectivity index (χ1v) is 14.4. The van der Waals surface area contributed by atoms with Crippen molar-refractivity contribution in [1.29, 1.82) is 0 Å². The molecule has 3 atom stereocenters. The zero-order chi connectivity index (χ0) is 28.5.